The van der Waals surface area contributed by atoms with E-state index < -0.39 is 25.1 Å². The van der Waals surface area contributed by atoms with E-state index in [9.17, 15) is 8.78 Å². The molecule has 26 heavy (non-hydrogen) atoms. The molecular weight excluding hydrogens is 404 g/mol. The second kappa shape index (κ2) is 7.21. The van der Waals surface area contributed by atoms with E-state index >= 15 is 0 Å². The van der Waals surface area contributed by atoms with Crippen LogP contribution in [0.4, 0.5) is 14.5 Å². The van der Waals surface area contributed by atoms with Crippen molar-refractivity contribution in [2.24, 2.45) is 0 Å². The fourth-order valence-corrected chi connectivity index (χ4v) is 3.85. The van der Waals surface area contributed by atoms with Gasteiger partial charge < -0.3 is 10.8 Å². The van der Waals surface area contributed by atoms with Gasteiger partial charge in [0.25, 0.3) is 5.92 Å². The standard InChI is InChI=1S/C19H22BrF2N3O/c1-11-7-15-12(2)16(23)5-4-14(15)18(17-6-3-13(20)8-24-17)25(11)9-19(21,22)10-26/h3-6,8,11,18,26H,7,9-10,23H2,1-2H3/t11-,18+/m1/s1. The molecule has 1 aliphatic heterocycles. The molecule has 2 aromatic rings. The van der Waals surface area contributed by atoms with Crippen molar-refractivity contribution < 1.29 is 13.9 Å². The molecule has 0 saturated carbocycles. The zero-order valence-electron chi connectivity index (χ0n) is 14.7. The van der Waals surface area contributed by atoms with Crippen LogP contribution in [0.1, 0.15) is 35.3 Å². The van der Waals surface area contributed by atoms with Gasteiger partial charge in [-0.2, -0.15) is 0 Å². The number of pyridine rings is 1. The van der Waals surface area contributed by atoms with Crippen LogP contribution < -0.4 is 5.73 Å². The number of hydrogen-bond donors (Lipinski definition) is 2. The van der Waals surface area contributed by atoms with Crippen molar-refractivity contribution in [3.63, 3.8) is 0 Å². The van der Waals surface area contributed by atoms with Gasteiger partial charge in [0.15, 0.2) is 0 Å². The highest BCUT2D eigenvalue weighted by Crippen LogP contribution is 2.41. The van der Waals surface area contributed by atoms with E-state index in [0.717, 1.165) is 21.2 Å². The van der Waals surface area contributed by atoms with Crippen molar-refractivity contribution >= 4 is 21.6 Å². The second-order valence-electron chi connectivity index (χ2n) is 6.89. The molecule has 140 valence electrons. The molecule has 0 radical (unpaired) electrons. The van der Waals surface area contributed by atoms with E-state index in [1.807, 2.05) is 38.1 Å². The summed E-state index contributed by atoms with van der Waals surface area (Å²) in [7, 11) is 0. The van der Waals surface area contributed by atoms with Gasteiger partial charge in [-0.25, -0.2) is 8.78 Å². The maximum absolute atomic E-state index is 14.0. The number of rotatable bonds is 4. The topological polar surface area (TPSA) is 62.4 Å². The quantitative estimate of drug-likeness (QED) is 0.733. The van der Waals surface area contributed by atoms with Crippen LogP contribution in [-0.4, -0.2) is 40.1 Å². The summed E-state index contributed by atoms with van der Waals surface area (Å²) in [6, 6.07) is 6.86. The lowest BCUT2D eigenvalue weighted by molar-refractivity contribution is -0.0865. The molecule has 0 bridgehead atoms. The van der Waals surface area contributed by atoms with Gasteiger partial charge in [0.1, 0.15) is 6.61 Å². The summed E-state index contributed by atoms with van der Waals surface area (Å²) in [5.74, 6) is -3.18. The number of aromatic nitrogens is 1. The third-order valence-corrected chi connectivity index (χ3v) is 5.51. The molecule has 4 nitrogen and oxygen atoms in total. The van der Waals surface area contributed by atoms with E-state index in [4.69, 9.17) is 10.8 Å². The predicted molar refractivity (Wildman–Crippen MR) is 101 cm³/mol. The number of fused-ring (bicyclic) bond motifs is 1. The molecule has 0 unspecified atom stereocenters. The Balaban J connectivity index is 2.14. The van der Waals surface area contributed by atoms with Crippen LogP contribution in [0.3, 0.4) is 0 Å². The molecule has 3 rings (SSSR count). The lowest BCUT2D eigenvalue weighted by Gasteiger charge is -2.43. The molecule has 0 saturated heterocycles. The number of anilines is 1. The van der Waals surface area contributed by atoms with Crippen LogP contribution >= 0.6 is 15.9 Å². The fraction of sp³-hybridized carbons (Fsp3) is 0.421. The third-order valence-electron chi connectivity index (χ3n) is 5.04. The number of nitrogens with zero attached hydrogens (tertiary/aromatic N) is 2. The minimum atomic E-state index is -3.18. The fourth-order valence-electron chi connectivity index (χ4n) is 3.61. The van der Waals surface area contributed by atoms with Crippen molar-refractivity contribution in [1.82, 2.24) is 9.88 Å². The first-order valence-electron chi connectivity index (χ1n) is 8.47. The van der Waals surface area contributed by atoms with Gasteiger partial charge in [-0.3, -0.25) is 9.88 Å². The first-order valence-corrected chi connectivity index (χ1v) is 9.26. The van der Waals surface area contributed by atoms with Crippen molar-refractivity contribution in [3.05, 3.63) is 57.3 Å². The molecule has 1 aromatic carbocycles. The zero-order chi connectivity index (χ0) is 19.1. The maximum atomic E-state index is 14.0. The Morgan fingerprint density at radius 2 is 2.08 bits per heavy atom. The molecule has 0 fully saturated rings. The zero-order valence-corrected chi connectivity index (χ0v) is 16.3. The molecule has 2 heterocycles. The summed E-state index contributed by atoms with van der Waals surface area (Å²) in [4.78, 5) is 6.19. The van der Waals surface area contributed by atoms with Crippen LogP contribution in [0.5, 0.6) is 0 Å². The Kier molecular flexibility index (Phi) is 5.33. The number of nitrogen functional groups attached to an aromatic ring is 1. The van der Waals surface area contributed by atoms with Crippen molar-refractivity contribution in [1.29, 1.82) is 0 Å². The Morgan fingerprint density at radius 1 is 1.35 bits per heavy atom. The lowest BCUT2D eigenvalue weighted by atomic mass is 9.83. The first kappa shape index (κ1) is 19.2. The summed E-state index contributed by atoms with van der Waals surface area (Å²) in [6.45, 7) is 2.18. The van der Waals surface area contributed by atoms with E-state index in [-0.39, 0.29) is 6.04 Å². The average Bonchev–Trinajstić information content (AvgIpc) is 2.60. The van der Waals surface area contributed by atoms with E-state index in [0.29, 0.717) is 17.8 Å². The molecule has 0 spiro atoms. The van der Waals surface area contributed by atoms with Gasteiger partial charge >= 0.3 is 0 Å². The highest BCUT2D eigenvalue weighted by molar-refractivity contribution is 9.10. The SMILES string of the molecule is Cc1c(N)ccc2c1C[C@@H](C)N(CC(F)(F)CO)[C@@H]2c1ccc(Br)cn1. The highest BCUT2D eigenvalue weighted by Gasteiger charge is 2.41. The van der Waals surface area contributed by atoms with Crippen LogP contribution in [0, 0.1) is 6.92 Å². The number of nitrogens with two attached hydrogens (primary N) is 1. The van der Waals surface area contributed by atoms with Crippen LogP contribution in [0.2, 0.25) is 0 Å². The summed E-state index contributed by atoms with van der Waals surface area (Å²) in [6.07, 6.45) is 2.29. The average molecular weight is 426 g/mol. The van der Waals surface area contributed by atoms with Gasteiger partial charge in [-0.1, -0.05) is 6.07 Å². The van der Waals surface area contributed by atoms with Gasteiger partial charge in [-0.05, 0) is 71.1 Å². The Bertz CT molecular complexity index is 798. The molecule has 7 heteroatoms. The number of hydrogen-bond acceptors (Lipinski definition) is 4. The number of halogens is 3. The van der Waals surface area contributed by atoms with Gasteiger partial charge in [-0.15, -0.1) is 0 Å². The molecule has 1 aliphatic rings. The molecular formula is C19H22BrF2N3O. The van der Waals surface area contributed by atoms with Gasteiger partial charge in [0.2, 0.25) is 0 Å². The number of benzene rings is 1. The largest absolute Gasteiger partial charge is 0.399 e. The van der Waals surface area contributed by atoms with Crippen LogP contribution in [-0.2, 0) is 6.42 Å². The summed E-state index contributed by atoms with van der Waals surface area (Å²) < 4.78 is 28.9. The number of alkyl halides is 2. The molecule has 1 aromatic heterocycles. The van der Waals surface area contributed by atoms with Crippen molar-refractivity contribution in [3.8, 4) is 0 Å². The van der Waals surface area contributed by atoms with Gasteiger partial charge in [0.05, 0.1) is 18.3 Å². The van der Waals surface area contributed by atoms with Crippen molar-refractivity contribution in [2.75, 3.05) is 18.9 Å². The Hall–Kier alpha value is -1.57. The van der Waals surface area contributed by atoms with Crippen LogP contribution in [0.15, 0.2) is 34.9 Å². The summed E-state index contributed by atoms with van der Waals surface area (Å²) >= 11 is 3.36. The molecule has 0 amide bonds. The first-order chi connectivity index (χ1) is 12.2. The van der Waals surface area contributed by atoms with Crippen molar-refractivity contribution in [2.45, 2.75) is 38.3 Å². The Morgan fingerprint density at radius 3 is 2.69 bits per heavy atom. The number of aliphatic hydroxyl groups excluding tert-OH is 1. The molecule has 3 N–H and O–H groups in total. The van der Waals surface area contributed by atoms with Gasteiger partial charge in [0, 0.05) is 22.4 Å². The normalized spacial score (nSPS) is 20.8. The van der Waals surface area contributed by atoms with Crippen LogP contribution in [0.25, 0.3) is 0 Å². The maximum Gasteiger partial charge on any atom is 0.283 e. The minimum absolute atomic E-state index is 0.143. The lowest BCUT2D eigenvalue weighted by Crippen LogP contribution is -2.49. The molecule has 0 aliphatic carbocycles. The van der Waals surface area contributed by atoms with E-state index in [2.05, 4.69) is 20.9 Å². The summed E-state index contributed by atoms with van der Waals surface area (Å²) in [5, 5.41) is 9.06. The second-order valence-corrected chi connectivity index (χ2v) is 7.81. The number of aliphatic hydroxyl groups is 1. The monoisotopic (exact) mass is 425 g/mol. The highest BCUT2D eigenvalue weighted by atomic mass is 79.9. The smallest absolute Gasteiger partial charge is 0.283 e. The Labute approximate surface area is 160 Å². The summed E-state index contributed by atoms with van der Waals surface area (Å²) in [5.41, 5.74) is 10.5. The minimum Gasteiger partial charge on any atom is -0.399 e. The van der Waals surface area contributed by atoms with E-state index in [1.54, 1.807) is 11.1 Å². The predicted octanol–water partition coefficient (Wildman–Crippen LogP) is 3.70. The molecule has 2 atom stereocenters. The van der Waals surface area contributed by atoms with E-state index in [1.165, 1.54) is 0 Å². The third kappa shape index (κ3) is 3.61.